The van der Waals surface area contributed by atoms with Gasteiger partial charge in [-0.2, -0.15) is 0 Å². The molecule has 1 saturated heterocycles. The second-order valence-corrected chi connectivity index (χ2v) is 6.97. The second-order valence-electron chi connectivity index (χ2n) is 6.97. The summed E-state index contributed by atoms with van der Waals surface area (Å²) in [5.41, 5.74) is 0.954. The van der Waals surface area contributed by atoms with E-state index in [2.05, 4.69) is 10.3 Å². The van der Waals surface area contributed by atoms with E-state index in [-0.39, 0.29) is 24.2 Å². The molecular weight excluding hydrogens is 361 g/mol. The molecule has 6 nitrogen and oxygen atoms in total. The van der Waals surface area contributed by atoms with Gasteiger partial charge in [-0.25, -0.2) is 9.37 Å². The molecule has 1 atom stereocenters. The van der Waals surface area contributed by atoms with Gasteiger partial charge in [0, 0.05) is 19.0 Å². The number of hydrogen-bond donors (Lipinski definition) is 1. The third-order valence-corrected chi connectivity index (χ3v) is 4.77. The van der Waals surface area contributed by atoms with E-state index in [0.29, 0.717) is 11.6 Å². The molecule has 1 aromatic carbocycles. The Balaban J connectivity index is 1.47. The average Bonchev–Trinajstić information content (AvgIpc) is 3.34. The number of rotatable bonds is 5. The third-order valence-electron chi connectivity index (χ3n) is 4.77. The number of aromatic nitrogens is 2. The van der Waals surface area contributed by atoms with E-state index in [0.717, 1.165) is 37.2 Å². The lowest BCUT2D eigenvalue weighted by atomic mass is 10.1. The van der Waals surface area contributed by atoms with Crippen LogP contribution in [0.5, 0.6) is 0 Å². The standard InChI is InChI=1S/C21H22FN3O3/c1-14-5-6-16(15(22)12-14)24-20(26)13-25-10-9-23-21(25)19-8-7-18(28-19)17-4-2-3-11-27-17/h5-10,12,17H,2-4,11,13H2,1H3,(H,24,26). The van der Waals surface area contributed by atoms with E-state index >= 15 is 0 Å². The number of imidazole rings is 1. The van der Waals surface area contributed by atoms with Gasteiger partial charge in [0.2, 0.25) is 5.91 Å². The van der Waals surface area contributed by atoms with Gasteiger partial charge in [0.25, 0.3) is 0 Å². The molecular formula is C21H22FN3O3. The monoisotopic (exact) mass is 383 g/mol. The Morgan fingerprint density at radius 3 is 3.00 bits per heavy atom. The molecule has 28 heavy (non-hydrogen) atoms. The fourth-order valence-electron chi connectivity index (χ4n) is 3.34. The van der Waals surface area contributed by atoms with Crippen LogP contribution in [0.3, 0.4) is 0 Å². The second kappa shape index (κ2) is 7.98. The van der Waals surface area contributed by atoms with E-state index in [1.54, 1.807) is 36.0 Å². The van der Waals surface area contributed by atoms with Crippen LogP contribution < -0.4 is 5.32 Å². The highest BCUT2D eigenvalue weighted by molar-refractivity contribution is 5.91. The molecule has 1 aliphatic rings. The van der Waals surface area contributed by atoms with Gasteiger partial charge in [0.1, 0.15) is 24.2 Å². The van der Waals surface area contributed by atoms with Crippen molar-refractivity contribution in [3.8, 4) is 11.6 Å². The maximum Gasteiger partial charge on any atom is 0.244 e. The lowest BCUT2D eigenvalue weighted by Gasteiger charge is -2.20. The number of carbonyl (C=O) groups is 1. The first-order chi connectivity index (χ1) is 13.6. The molecule has 3 aromatic rings. The largest absolute Gasteiger partial charge is 0.455 e. The number of benzene rings is 1. The molecule has 0 radical (unpaired) electrons. The van der Waals surface area contributed by atoms with Gasteiger partial charge < -0.3 is 19.0 Å². The number of amides is 1. The fraction of sp³-hybridized carbons (Fsp3) is 0.333. The summed E-state index contributed by atoms with van der Waals surface area (Å²) in [5.74, 6) is 1.09. The Hall–Kier alpha value is -2.93. The lowest BCUT2D eigenvalue weighted by molar-refractivity contribution is -0.116. The summed E-state index contributed by atoms with van der Waals surface area (Å²) in [5, 5.41) is 2.60. The molecule has 1 aliphatic heterocycles. The molecule has 1 unspecified atom stereocenters. The third kappa shape index (κ3) is 3.99. The molecule has 1 amide bonds. The molecule has 4 rings (SSSR count). The highest BCUT2D eigenvalue weighted by atomic mass is 19.1. The molecule has 1 N–H and O–H groups in total. The topological polar surface area (TPSA) is 69.3 Å². The van der Waals surface area contributed by atoms with Crippen LogP contribution in [0.25, 0.3) is 11.6 Å². The zero-order valence-electron chi connectivity index (χ0n) is 15.7. The van der Waals surface area contributed by atoms with Crippen molar-refractivity contribution < 1.29 is 18.3 Å². The Labute approximate surface area is 162 Å². The number of furan rings is 1. The van der Waals surface area contributed by atoms with Crippen LogP contribution in [-0.4, -0.2) is 22.1 Å². The summed E-state index contributed by atoms with van der Waals surface area (Å²) in [6.45, 7) is 2.53. The van der Waals surface area contributed by atoms with Crippen LogP contribution in [0.1, 0.15) is 36.7 Å². The zero-order chi connectivity index (χ0) is 19.5. The number of anilines is 1. The molecule has 146 valence electrons. The van der Waals surface area contributed by atoms with Crippen molar-refractivity contribution >= 4 is 11.6 Å². The minimum Gasteiger partial charge on any atom is -0.455 e. The lowest BCUT2D eigenvalue weighted by Crippen LogP contribution is -2.19. The SMILES string of the molecule is Cc1ccc(NC(=O)Cn2ccnc2-c2ccc(C3CCCCO3)o2)c(F)c1. The van der Waals surface area contributed by atoms with Crippen molar-refractivity contribution in [3.63, 3.8) is 0 Å². The summed E-state index contributed by atoms with van der Waals surface area (Å²) >= 11 is 0. The maximum absolute atomic E-state index is 14.0. The van der Waals surface area contributed by atoms with Crippen LogP contribution in [-0.2, 0) is 16.1 Å². The molecule has 0 saturated carbocycles. The van der Waals surface area contributed by atoms with Gasteiger partial charge in [-0.15, -0.1) is 0 Å². The van der Waals surface area contributed by atoms with Gasteiger partial charge in [-0.3, -0.25) is 4.79 Å². The Kier molecular flexibility index (Phi) is 5.25. The van der Waals surface area contributed by atoms with Gasteiger partial charge in [-0.05, 0) is 56.0 Å². The molecule has 1 fully saturated rings. The normalized spacial score (nSPS) is 16.9. The van der Waals surface area contributed by atoms with E-state index < -0.39 is 5.82 Å². The summed E-state index contributed by atoms with van der Waals surface area (Å²) in [4.78, 5) is 16.7. The Bertz CT molecular complexity index is 973. The summed E-state index contributed by atoms with van der Waals surface area (Å²) < 4.78 is 27.3. The predicted octanol–water partition coefficient (Wildman–Crippen LogP) is 4.47. The van der Waals surface area contributed by atoms with Gasteiger partial charge in [0.15, 0.2) is 11.6 Å². The smallest absolute Gasteiger partial charge is 0.244 e. The molecule has 7 heteroatoms. The van der Waals surface area contributed by atoms with Gasteiger partial charge in [-0.1, -0.05) is 6.07 Å². The van der Waals surface area contributed by atoms with E-state index in [9.17, 15) is 9.18 Å². The van der Waals surface area contributed by atoms with Crippen LogP contribution in [0, 0.1) is 12.7 Å². The number of nitrogens with one attached hydrogen (secondary N) is 1. The number of halogens is 1. The van der Waals surface area contributed by atoms with Crippen molar-refractivity contribution in [1.29, 1.82) is 0 Å². The van der Waals surface area contributed by atoms with E-state index in [1.165, 1.54) is 6.07 Å². The van der Waals surface area contributed by atoms with Gasteiger partial charge >= 0.3 is 0 Å². The highest BCUT2D eigenvalue weighted by Gasteiger charge is 2.21. The summed E-state index contributed by atoms with van der Waals surface area (Å²) in [6.07, 6.45) is 6.40. The predicted molar refractivity (Wildman–Crippen MR) is 102 cm³/mol. The number of hydrogen-bond acceptors (Lipinski definition) is 4. The quantitative estimate of drug-likeness (QED) is 0.706. The first kappa shape index (κ1) is 18.4. The number of carbonyl (C=O) groups excluding carboxylic acids is 1. The Morgan fingerprint density at radius 2 is 2.21 bits per heavy atom. The zero-order valence-corrected chi connectivity index (χ0v) is 15.7. The van der Waals surface area contributed by atoms with Crippen molar-refractivity contribution in [2.75, 3.05) is 11.9 Å². The number of nitrogens with zero attached hydrogens (tertiary/aromatic N) is 2. The average molecular weight is 383 g/mol. The summed E-state index contributed by atoms with van der Waals surface area (Å²) in [7, 11) is 0. The summed E-state index contributed by atoms with van der Waals surface area (Å²) in [6, 6.07) is 8.42. The van der Waals surface area contributed by atoms with Crippen LogP contribution >= 0.6 is 0 Å². The highest BCUT2D eigenvalue weighted by Crippen LogP contribution is 2.31. The number of ether oxygens (including phenoxy) is 1. The number of aryl methyl sites for hydroxylation is 1. The van der Waals surface area contributed by atoms with Crippen molar-refractivity contribution in [2.45, 2.75) is 38.8 Å². The minimum atomic E-state index is -0.456. The van der Waals surface area contributed by atoms with Crippen LogP contribution in [0.15, 0.2) is 47.1 Å². The van der Waals surface area contributed by atoms with Gasteiger partial charge in [0.05, 0.1) is 5.69 Å². The van der Waals surface area contributed by atoms with Crippen molar-refractivity contribution in [1.82, 2.24) is 9.55 Å². The van der Waals surface area contributed by atoms with Crippen molar-refractivity contribution in [2.24, 2.45) is 0 Å². The van der Waals surface area contributed by atoms with Crippen molar-refractivity contribution in [3.05, 3.63) is 59.9 Å². The van der Waals surface area contributed by atoms with E-state index in [4.69, 9.17) is 9.15 Å². The first-order valence-electron chi connectivity index (χ1n) is 9.39. The molecule has 0 bridgehead atoms. The molecule has 3 heterocycles. The molecule has 0 aliphatic carbocycles. The first-order valence-corrected chi connectivity index (χ1v) is 9.39. The molecule has 2 aromatic heterocycles. The minimum absolute atomic E-state index is 0.00138. The van der Waals surface area contributed by atoms with E-state index in [1.807, 2.05) is 12.1 Å². The maximum atomic E-state index is 14.0. The molecule has 0 spiro atoms. The van der Waals surface area contributed by atoms with Crippen LogP contribution in [0.4, 0.5) is 10.1 Å². The fourth-order valence-corrected chi connectivity index (χ4v) is 3.34. The Morgan fingerprint density at radius 1 is 1.32 bits per heavy atom. The van der Waals surface area contributed by atoms with Crippen LogP contribution in [0.2, 0.25) is 0 Å².